The summed E-state index contributed by atoms with van der Waals surface area (Å²) in [6.45, 7) is 6.13. The van der Waals surface area contributed by atoms with E-state index in [0.29, 0.717) is 51.7 Å². The Kier molecular flexibility index (Phi) is 6.10. The smallest absolute Gasteiger partial charge is 0.341 e. The molecule has 0 saturated carbocycles. The van der Waals surface area contributed by atoms with Crippen molar-refractivity contribution in [3.8, 4) is 23.0 Å². The normalized spacial score (nSPS) is 19.1. The van der Waals surface area contributed by atoms with Crippen molar-refractivity contribution in [2.45, 2.75) is 51.6 Å². The highest BCUT2D eigenvalue weighted by molar-refractivity contribution is 5.88. The Hall–Kier alpha value is -4.58. The van der Waals surface area contributed by atoms with Gasteiger partial charge in [0, 0.05) is 54.8 Å². The van der Waals surface area contributed by atoms with Crippen LogP contribution in [0, 0.1) is 11.3 Å². The van der Waals surface area contributed by atoms with Crippen molar-refractivity contribution >= 4 is 28.8 Å². The van der Waals surface area contributed by atoms with Crippen molar-refractivity contribution in [2.24, 2.45) is 0 Å². The topological polar surface area (TPSA) is 116 Å². The van der Waals surface area contributed by atoms with E-state index in [1.165, 1.54) is 12.3 Å². The Morgan fingerprint density at radius 2 is 1.82 bits per heavy atom. The van der Waals surface area contributed by atoms with E-state index in [4.69, 9.17) is 9.40 Å². The average Bonchev–Trinajstić information content (AvgIpc) is 3.67. The molecule has 0 unspecified atom stereocenters. The number of nitriles is 1. The third kappa shape index (κ3) is 4.32. The van der Waals surface area contributed by atoms with Gasteiger partial charge in [0.2, 0.25) is 0 Å². The van der Waals surface area contributed by atoms with Crippen molar-refractivity contribution in [3.63, 3.8) is 0 Å². The first-order valence-corrected chi connectivity index (χ1v) is 13.3. The van der Waals surface area contributed by atoms with Gasteiger partial charge in [-0.2, -0.15) is 10.2 Å². The number of anilines is 2. The highest BCUT2D eigenvalue weighted by atomic mass is 16.4. The van der Waals surface area contributed by atoms with E-state index in [9.17, 15) is 20.0 Å². The zero-order chi connectivity index (χ0) is 27.3. The minimum Gasteiger partial charge on any atom is -0.477 e. The first-order valence-electron chi connectivity index (χ1n) is 13.3. The number of aromatic carboxylic acids is 1. The number of carbonyl (C=O) groups is 1. The second-order valence-electron chi connectivity index (χ2n) is 10.5. The number of aromatic nitrogens is 2. The molecule has 2 saturated heterocycles. The van der Waals surface area contributed by atoms with E-state index in [0.717, 1.165) is 44.5 Å². The van der Waals surface area contributed by atoms with Gasteiger partial charge < -0.3 is 23.9 Å². The summed E-state index contributed by atoms with van der Waals surface area (Å²) in [6, 6.07) is 15.9. The molecule has 9 heteroatoms. The second-order valence-corrected chi connectivity index (χ2v) is 10.5. The van der Waals surface area contributed by atoms with Gasteiger partial charge >= 0.3 is 5.97 Å². The number of fused-ring (bicyclic) bond motifs is 1. The number of nitrogens with zero attached hydrogens (tertiary/aromatic N) is 5. The Balaban J connectivity index is 1.48. The summed E-state index contributed by atoms with van der Waals surface area (Å²) in [6.07, 6.45) is 5.66. The van der Waals surface area contributed by atoms with E-state index in [1.54, 1.807) is 16.7 Å². The largest absolute Gasteiger partial charge is 0.477 e. The van der Waals surface area contributed by atoms with Gasteiger partial charge in [0.1, 0.15) is 17.1 Å². The van der Waals surface area contributed by atoms with Crippen LogP contribution in [0.5, 0.6) is 0 Å². The van der Waals surface area contributed by atoms with Crippen molar-refractivity contribution in [1.29, 1.82) is 5.26 Å². The molecule has 6 rings (SSSR count). The van der Waals surface area contributed by atoms with Crippen molar-refractivity contribution in [3.05, 3.63) is 70.0 Å². The quantitative estimate of drug-likeness (QED) is 0.380. The molecular formula is C30H29N5O4. The van der Waals surface area contributed by atoms with Crippen LogP contribution in [0.25, 0.3) is 28.0 Å². The van der Waals surface area contributed by atoms with Crippen molar-refractivity contribution < 1.29 is 14.3 Å². The van der Waals surface area contributed by atoms with Crippen molar-refractivity contribution in [2.75, 3.05) is 22.9 Å². The van der Waals surface area contributed by atoms with E-state index < -0.39 is 11.4 Å². The van der Waals surface area contributed by atoms with Gasteiger partial charge in [-0.15, -0.1) is 0 Å². The number of carboxylic acids is 1. The number of rotatable bonds is 5. The molecule has 2 atom stereocenters. The molecule has 2 aromatic carbocycles. The van der Waals surface area contributed by atoms with Crippen LogP contribution < -0.4 is 15.2 Å². The maximum atomic E-state index is 12.8. The summed E-state index contributed by atoms with van der Waals surface area (Å²) in [5.74, 6) is -1.30. The summed E-state index contributed by atoms with van der Waals surface area (Å²) in [7, 11) is 0. The summed E-state index contributed by atoms with van der Waals surface area (Å²) in [5, 5.41) is 19.6. The molecular weight excluding hydrogens is 494 g/mol. The lowest BCUT2D eigenvalue weighted by atomic mass is 10.0. The van der Waals surface area contributed by atoms with Gasteiger partial charge in [-0.05, 0) is 63.8 Å². The van der Waals surface area contributed by atoms with Gasteiger partial charge in [0.05, 0.1) is 16.9 Å². The number of benzene rings is 2. The van der Waals surface area contributed by atoms with Crippen LogP contribution in [-0.4, -0.2) is 45.8 Å². The highest BCUT2D eigenvalue weighted by Crippen LogP contribution is 2.34. The molecule has 2 fully saturated rings. The molecule has 0 amide bonds. The van der Waals surface area contributed by atoms with Gasteiger partial charge in [0.15, 0.2) is 11.0 Å². The maximum Gasteiger partial charge on any atom is 0.341 e. The Bertz CT molecular complexity index is 1680. The predicted octanol–water partition coefficient (Wildman–Crippen LogP) is 5.19. The Labute approximate surface area is 225 Å². The molecule has 1 N–H and O–H groups in total. The third-order valence-corrected chi connectivity index (χ3v) is 7.95. The second kappa shape index (κ2) is 9.62. The average molecular weight is 524 g/mol. The fourth-order valence-corrected chi connectivity index (χ4v) is 5.88. The lowest BCUT2D eigenvalue weighted by Gasteiger charge is -2.23. The Morgan fingerprint density at radius 1 is 1.08 bits per heavy atom. The molecule has 9 nitrogen and oxygen atoms in total. The molecule has 0 bridgehead atoms. The first kappa shape index (κ1) is 24.7. The van der Waals surface area contributed by atoms with Gasteiger partial charge in [-0.1, -0.05) is 6.07 Å². The van der Waals surface area contributed by atoms with E-state index in [1.807, 2.05) is 24.3 Å². The van der Waals surface area contributed by atoms with Crippen LogP contribution in [0.4, 0.5) is 11.7 Å². The standard InChI is InChI=1S/C30H29N5O4/c1-18-5-6-19(2)35(18)30-32-24-9-8-22(14-28(24)39-30)34-17-23(29(37)38)27(36)15-26(34)20-7-10-25(21(13-20)16-31)33-11-3-4-12-33/h7-10,13-15,17-19H,3-6,11-12H2,1-2H3,(H,37,38)/t18-,19-/m1/s1. The lowest BCUT2D eigenvalue weighted by molar-refractivity contribution is 0.0695. The zero-order valence-corrected chi connectivity index (χ0v) is 21.9. The predicted molar refractivity (Wildman–Crippen MR) is 149 cm³/mol. The lowest BCUT2D eigenvalue weighted by Crippen LogP contribution is -2.32. The van der Waals surface area contributed by atoms with Crippen molar-refractivity contribution in [1.82, 2.24) is 9.55 Å². The fraction of sp³-hybridized carbons (Fsp3) is 0.333. The SMILES string of the molecule is C[C@@H]1CC[C@@H](C)N1c1nc2ccc(-n3cc(C(=O)O)c(=O)cc3-c3ccc(N4CCCC4)c(C#N)c3)cc2o1. The van der Waals surface area contributed by atoms with Crippen LogP contribution in [0.3, 0.4) is 0 Å². The molecule has 4 aromatic rings. The van der Waals surface area contributed by atoms with Gasteiger partial charge in [0.25, 0.3) is 6.01 Å². The number of hydrogen-bond acceptors (Lipinski definition) is 7. The number of carboxylic acid groups (broad SMARTS) is 1. The number of hydrogen-bond donors (Lipinski definition) is 1. The molecule has 2 aliphatic rings. The molecule has 2 aromatic heterocycles. The maximum absolute atomic E-state index is 12.8. The minimum absolute atomic E-state index is 0.328. The van der Waals surface area contributed by atoms with E-state index in [-0.39, 0.29) is 5.56 Å². The highest BCUT2D eigenvalue weighted by Gasteiger charge is 2.31. The molecule has 39 heavy (non-hydrogen) atoms. The van der Waals surface area contributed by atoms with Gasteiger partial charge in [-0.25, -0.2) is 4.79 Å². The fourth-order valence-electron chi connectivity index (χ4n) is 5.88. The van der Waals surface area contributed by atoms with E-state index >= 15 is 0 Å². The van der Waals surface area contributed by atoms with E-state index in [2.05, 4.69) is 29.7 Å². The summed E-state index contributed by atoms with van der Waals surface area (Å²) in [4.78, 5) is 33.8. The number of oxazole rings is 1. The molecule has 0 spiro atoms. The van der Waals surface area contributed by atoms with Crippen LogP contribution in [-0.2, 0) is 0 Å². The summed E-state index contributed by atoms with van der Waals surface area (Å²) >= 11 is 0. The van der Waals surface area contributed by atoms with Crippen LogP contribution in [0.1, 0.15) is 55.5 Å². The number of pyridine rings is 1. The van der Waals surface area contributed by atoms with Crippen LogP contribution >= 0.6 is 0 Å². The first-order chi connectivity index (χ1) is 18.8. The van der Waals surface area contributed by atoms with Gasteiger partial charge in [-0.3, -0.25) is 4.79 Å². The molecule has 198 valence electrons. The Morgan fingerprint density at radius 3 is 2.51 bits per heavy atom. The molecule has 0 radical (unpaired) electrons. The van der Waals surface area contributed by atoms with Crippen LogP contribution in [0.2, 0.25) is 0 Å². The molecule has 4 heterocycles. The minimum atomic E-state index is -1.30. The molecule has 0 aliphatic carbocycles. The summed E-state index contributed by atoms with van der Waals surface area (Å²) in [5.41, 5.74) is 3.45. The third-order valence-electron chi connectivity index (χ3n) is 7.95. The summed E-state index contributed by atoms with van der Waals surface area (Å²) < 4.78 is 7.85. The monoisotopic (exact) mass is 523 g/mol. The van der Waals surface area contributed by atoms with Crippen LogP contribution in [0.15, 0.2) is 57.9 Å². The molecule has 2 aliphatic heterocycles. The zero-order valence-electron chi connectivity index (χ0n) is 21.9.